The molecule has 0 bridgehead atoms. The largest absolute Gasteiger partial charge is 0.404 e. The number of rotatable bonds is 4. The second kappa shape index (κ2) is 6.24. The highest BCUT2D eigenvalue weighted by Crippen LogP contribution is 2.25. The summed E-state index contributed by atoms with van der Waals surface area (Å²) < 4.78 is 2.48. The second-order valence-electron chi connectivity index (χ2n) is 4.71. The Hall–Kier alpha value is -1.91. The molecule has 4 heteroatoms. The van der Waals surface area contributed by atoms with E-state index in [1.807, 2.05) is 48.7 Å². The topological polar surface area (TPSA) is 14.2 Å². The van der Waals surface area contributed by atoms with Crippen molar-refractivity contribution in [2.75, 3.05) is 0 Å². The molecule has 21 heavy (non-hydrogen) atoms. The summed E-state index contributed by atoms with van der Waals surface area (Å²) in [5.41, 5.74) is 3.23. The van der Waals surface area contributed by atoms with Gasteiger partial charge < -0.3 is 4.84 Å². The van der Waals surface area contributed by atoms with Crippen LogP contribution < -0.4 is 4.84 Å². The van der Waals surface area contributed by atoms with Gasteiger partial charge in [0.15, 0.2) is 3.95 Å². The van der Waals surface area contributed by atoms with E-state index in [2.05, 4.69) is 24.3 Å². The van der Waals surface area contributed by atoms with E-state index in [0.717, 1.165) is 20.8 Å². The normalized spacial score (nSPS) is 12.0. The van der Waals surface area contributed by atoms with Crippen LogP contribution in [0, 0.1) is 3.95 Å². The van der Waals surface area contributed by atoms with Crippen LogP contribution in [0.1, 0.15) is 18.6 Å². The first kappa shape index (κ1) is 14.0. The lowest BCUT2D eigenvalue weighted by Crippen LogP contribution is -2.16. The predicted octanol–water partition coefficient (Wildman–Crippen LogP) is 5.14. The van der Waals surface area contributed by atoms with Crippen LogP contribution in [0.2, 0.25) is 0 Å². The summed E-state index contributed by atoms with van der Waals surface area (Å²) in [5.74, 6) is 0. The third-order valence-corrected chi connectivity index (χ3v) is 4.42. The van der Waals surface area contributed by atoms with Gasteiger partial charge in [0, 0.05) is 10.9 Å². The van der Waals surface area contributed by atoms with Gasteiger partial charge in [-0.05, 0) is 24.7 Å². The molecule has 1 unspecified atom stereocenters. The van der Waals surface area contributed by atoms with Gasteiger partial charge in [-0.2, -0.15) is 4.73 Å². The summed E-state index contributed by atoms with van der Waals surface area (Å²) in [6.07, 6.45) is -0.0602. The quantitative estimate of drug-likeness (QED) is 0.619. The first-order chi connectivity index (χ1) is 10.3. The zero-order valence-corrected chi connectivity index (χ0v) is 13.2. The van der Waals surface area contributed by atoms with E-state index in [1.54, 1.807) is 4.73 Å². The number of thiazole rings is 1. The number of hydrogen-bond donors (Lipinski definition) is 0. The molecular formula is C17H15NOS2. The standard InChI is InChI=1S/C17H15NOS2/c1-13(14-8-4-2-5-9-14)19-18-16(12-21-17(18)20)15-10-6-3-7-11-15/h2-13H,1H3. The van der Waals surface area contributed by atoms with E-state index in [-0.39, 0.29) is 6.10 Å². The molecule has 0 fully saturated rings. The second-order valence-corrected chi connectivity index (χ2v) is 6.21. The van der Waals surface area contributed by atoms with Crippen LogP contribution in [0.3, 0.4) is 0 Å². The van der Waals surface area contributed by atoms with E-state index >= 15 is 0 Å². The van der Waals surface area contributed by atoms with E-state index in [4.69, 9.17) is 17.1 Å². The molecule has 0 aliphatic rings. The summed E-state index contributed by atoms with van der Waals surface area (Å²) in [6.45, 7) is 2.03. The lowest BCUT2D eigenvalue weighted by atomic mass is 10.1. The van der Waals surface area contributed by atoms with Crippen LogP contribution in [0.5, 0.6) is 0 Å². The highest BCUT2D eigenvalue weighted by Gasteiger charge is 2.12. The van der Waals surface area contributed by atoms with Crippen molar-refractivity contribution in [2.24, 2.45) is 0 Å². The predicted molar refractivity (Wildman–Crippen MR) is 90.0 cm³/mol. The van der Waals surface area contributed by atoms with Gasteiger partial charge in [0.2, 0.25) is 0 Å². The lowest BCUT2D eigenvalue weighted by molar-refractivity contribution is 0.0500. The van der Waals surface area contributed by atoms with Crippen molar-refractivity contribution in [3.8, 4) is 11.3 Å². The first-order valence-corrected chi connectivity index (χ1v) is 8.02. The maximum absolute atomic E-state index is 6.08. The van der Waals surface area contributed by atoms with Gasteiger partial charge in [0.1, 0.15) is 6.10 Å². The van der Waals surface area contributed by atoms with Gasteiger partial charge in [-0.25, -0.2) is 0 Å². The van der Waals surface area contributed by atoms with Gasteiger partial charge in [-0.3, -0.25) is 0 Å². The number of nitrogens with zero attached hydrogens (tertiary/aromatic N) is 1. The average Bonchev–Trinajstić information content (AvgIpc) is 2.90. The summed E-state index contributed by atoms with van der Waals surface area (Å²) >= 11 is 6.91. The fourth-order valence-electron chi connectivity index (χ4n) is 2.14. The van der Waals surface area contributed by atoms with Gasteiger partial charge >= 0.3 is 0 Å². The number of hydrogen-bond acceptors (Lipinski definition) is 3. The Labute approximate surface area is 133 Å². The Morgan fingerprint density at radius 2 is 1.62 bits per heavy atom. The third-order valence-electron chi connectivity index (χ3n) is 3.26. The molecule has 0 amide bonds. The molecule has 3 rings (SSSR count). The molecule has 0 aliphatic heterocycles. The zero-order valence-electron chi connectivity index (χ0n) is 11.6. The van der Waals surface area contributed by atoms with E-state index < -0.39 is 0 Å². The van der Waals surface area contributed by atoms with Crippen molar-refractivity contribution >= 4 is 23.6 Å². The maximum Gasteiger partial charge on any atom is 0.197 e. The lowest BCUT2D eigenvalue weighted by Gasteiger charge is -2.17. The smallest absolute Gasteiger partial charge is 0.197 e. The average molecular weight is 313 g/mol. The molecule has 1 atom stereocenters. The van der Waals surface area contributed by atoms with Crippen molar-refractivity contribution in [1.82, 2.24) is 4.73 Å². The van der Waals surface area contributed by atoms with Crippen molar-refractivity contribution in [3.63, 3.8) is 0 Å². The van der Waals surface area contributed by atoms with Crippen molar-refractivity contribution < 1.29 is 4.84 Å². The fourth-order valence-corrected chi connectivity index (χ4v) is 3.10. The van der Waals surface area contributed by atoms with Crippen molar-refractivity contribution in [1.29, 1.82) is 0 Å². The van der Waals surface area contributed by atoms with Crippen LogP contribution in [-0.4, -0.2) is 4.73 Å². The Morgan fingerprint density at radius 3 is 2.29 bits per heavy atom. The highest BCUT2D eigenvalue weighted by molar-refractivity contribution is 7.73. The van der Waals surface area contributed by atoms with Crippen LogP contribution in [0.15, 0.2) is 66.0 Å². The summed E-state index contributed by atoms with van der Waals surface area (Å²) in [4.78, 5) is 6.08. The van der Waals surface area contributed by atoms with E-state index in [1.165, 1.54) is 11.3 Å². The molecule has 2 nitrogen and oxygen atoms in total. The molecule has 0 radical (unpaired) electrons. The van der Waals surface area contributed by atoms with E-state index in [0.29, 0.717) is 0 Å². The number of benzene rings is 2. The minimum atomic E-state index is -0.0602. The third kappa shape index (κ3) is 3.06. The summed E-state index contributed by atoms with van der Waals surface area (Å²) in [6, 6.07) is 20.3. The molecule has 106 valence electrons. The Kier molecular flexibility index (Phi) is 4.18. The van der Waals surface area contributed by atoms with Gasteiger partial charge in [0.25, 0.3) is 0 Å². The molecule has 3 aromatic rings. The molecule has 2 aromatic carbocycles. The molecular weight excluding hydrogens is 298 g/mol. The van der Waals surface area contributed by atoms with Gasteiger partial charge in [-0.15, -0.1) is 11.3 Å². The molecule has 1 aromatic heterocycles. The molecule has 0 saturated heterocycles. The maximum atomic E-state index is 6.08. The fraction of sp³-hybridized carbons (Fsp3) is 0.118. The Bertz CT molecular complexity index is 762. The SMILES string of the molecule is CC(On1c(-c2ccccc2)csc1=S)c1ccccc1. The first-order valence-electron chi connectivity index (χ1n) is 6.74. The monoisotopic (exact) mass is 313 g/mol. The molecule has 0 saturated carbocycles. The van der Waals surface area contributed by atoms with Crippen LogP contribution in [0.25, 0.3) is 11.3 Å². The van der Waals surface area contributed by atoms with Crippen molar-refractivity contribution in [3.05, 3.63) is 75.6 Å². The minimum Gasteiger partial charge on any atom is -0.404 e. The number of aromatic nitrogens is 1. The highest BCUT2D eigenvalue weighted by atomic mass is 32.1. The zero-order chi connectivity index (χ0) is 14.7. The summed E-state index contributed by atoms with van der Waals surface area (Å²) in [7, 11) is 0. The minimum absolute atomic E-state index is 0.0602. The van der Waals surface area contributed by atoms with Crippen LogP contribution in [-0.2, 0) is 0 Å². The van der Waals surface area contributed by atoms with Gasteiger partial charge in [-0.1, -0.05) is 60.7 Å². The van der Waals surface area contributed by atoms with Crippen LogP contribution in [0.4, 0.5) is 0 Å². The molecule has 0 spiro atoms. The Balaban J connectivity index is 1.93. The molecule has 1 heterocycles. The van der Waals surface area contributed by atoms with Gasteiger partial charge in [0.05, 0.1) is 5.69 Å². The molecule has 0 aliphatic carbocycles. The Morgan fingerprint density at radius 1 is 1.00 bits per heavy atom. The van der Waals surface area contributed by atoms with E-state index in [9.17, 15) is 0 Å². The molecule has 0 N–H and O–H groups in total. The van der Waals surface area contributed by atoms with Crippen LogP contribution >= 0.6 is 23.6 Å². The van der Waals surface area contributed by atoms with Crippen molar-refractivity contribution in [2.45, 2.75) is 13.0 Å². The summed E-state index contributed by atoms with van der Waals surface area (Å²) in [5, 5.41) is 2.04.